The number of benzene rings is 1. The zero-order valence-corrected chi connectivity index (χ0v) is 25.0. The van der Waals surface area contributed by atoms with Crippen molar-refractivity contribution >= 4 is 45.5 Å². The van der Waals surface area contributed by atoms with Gasteiger partial charge < -0.3 is 0 Å². The Hall–Kier alpha value is -1.55. The van der Waals surface area contributed by atoms with Crippen LogP contribution in [-0.2, 0) is 5.41 Å². The van der Waals surface area contributed by atoms with E-state index in [1.807, 2.05) is 0 Å². The van der Waals surface area contributed by atoms with Crippen LogP contribution in [0, 0.1) is 70.6 Å². The van der Waals surface area contributed by atoms with Gasteiger partial charge in [0.2, 0.25) is 0 Å². The lowest BCUT2D eigenvalue weighted by atomic mass is 9.70. The third kappa shape index (κ3) is 7.47. The first-order valence-electron chi connectivity index (χ1n) is 11.1. The van der Waals surface area contributed by atoms with E-state index in [1.165, 1.54) is 33.4 Å². The van der Waals surface area contributed by atoms with Crippen molar-refractivity contribution in [2.75, 3.05) is 0 Å². The molecule has 1 aliphatic rings. The molecule has 2 atom stereocenters. The maximum absolute atomic E-state index is 6.26. The number of hydrogen-bond donors (Lipinski definition) is 0. The SMILES string of the molecule is C.C#CC(=C)CCC(=C)c1c(C)c(C)c(C)c(C)c1C1(C#C)CCC(CC(=C)C#C)C1.C=II. The monoisotopic (exact) mass is 678 g/mol. The summed E-state index contributed by atoms with van der Waals surface area (Å²) in [6.45, 7) is 21.2. The fourth-order valence-electron chi connectivity index (χ4n) is 5.01. The van der Waals surface area contributed by atoms with E-state index in [2.05, 4.69) is 88.3 Å². The van der Waals surface area contributed by atoms with Crippen molar-refractivity contribution < 1.29 is 0 Å². The first kappa shape index (κ1) is 32.5. The van der Waals surface area contributed by atoms with E-state index in [0.717, 1.165) is 55.2 Å². The van der Waals surface area contributed by atoms with E-state index < -0.39 is 0 Å². The molecule has 0 N–H and O–H groups in total. The molecule has 0 aliphatic heterocycles. The molecule has 0 nitrogen and oxygen atoms in total. The summed E-state index contributed by atoms with van der Waals surface area (Å²) in [5.74, 6) is 9.03. The molecule has 182 valence electrons. The van der Waals surface area contributed by atoms with Gasteiger partial charge >= 0.3 is 0 Å². The lowest BCUT2D eigenvalue weighted by Crippen LogP contribution is -2.25. The highest BCUT2D eigenvalue weighted by Gasteiger charge is 2.42. The van der Waals surface area contributed by atoms with E-state index in [9.17, 15) is 0 Å². The van der Waals surface area contributed by atoms with Crippen LogP contribution in [0.25, 0.3) is 5.57 Å². The summed E-state index contributed by atoms with van der Waals surface area (Å²) < 4.78 is 3.58. The second kappa shape index (κ2) is 14.8. The summed E-state index contributed by atoms with van der Waals surface area (Å²) in [7, 11) is 0. The first-order chi connectivity index (χ1) is 15.5. The van der Waals surface area contributed by atoms with Crippen molar-refractivity contribution in [1.29, 1.82) is 0 Å². The Morgan fingerprint density at radius 2 is 1.50 bits per heavy atom. The minimum Gasteiger partial charge on any atom is -0.119 e. The second-order valence-corrected chi connectivity index (χ2v) is 13.4. The van der Waals surface area contributed by atoms with Crippen LogP contribution >= 0.6 is 35.4 Å². The number of allylic oxidation sites excluding steroid dienone is 3. The zero-order chi connectivity index (χ0) is 25.3. The van der Waals surface area contributed by atoms with E-state index in [1.54, 1.807) is 0 Å². The van der Waals surface area contributed by atoms with Gasteiger partial charge in [0.05, 0.1) is 5.41 Å². The van der Waals surface area contributed by atoms with Gasteiger partial charge in [-0.25, -0.2) is 0 Å². The summed E-state index contributed by atoms with van der Waals surface area (Å²) in [6, 6.07) is 0. The van der Waals surface area contributed by atoms with Gasteiger partial charge in [-0.1, -0.05) is 66.2 Å². The van der Waals surface area contributed by atoms with Gasteiger partial charge in [-0.05, 0) is 141 Å². The van der Waals surface area contributed by atoms with E-state index >= 15 is 0 Å². The van der Waals surface area contributed by atoms with Gasteiger partial charge in [0, 0.05) is 0 Å². The van der Waals surface area contributed by atoms with E-state index in [4.69, 9.17) is 19.3 Å². The molecule has 2 heteroatoms. The Morgan fingerprint density at radius 1 is 0.971 bits per heavy atom. The molecule has 1 saturated carbocycles. The van der Waals surface area contributed by atoms with Crippen molar-refractivity contribution in [2.45, 2.75) is 79.1 Å². The van der Waals surface area contributed by atoms with E-state index in [-0.39, 0.29) is 12.8 Å². The Labute approximate surface area is 230 Å². The lowest BCUT2D eigenvalue weighted by molar-refractivity contribution is 0.502. The highest BCUT2D eigenvalue weighted by molar-refractivity contribution is 15.0. The molecule has 1 aliphatic carbocycles. The molecule has 0 bridgehead atoms. The average molecular weight is 678 g/mol. The predicted molar refractivity (Wildman–Crippen MR) is 174 cm³/mol. The van der Waals surface area contributed by atoms with Crippen LogP contribution in [0.4, 0.5) is 0 Å². The molecule has 2 rings (SSSR count). The molecule has 2 unspecified atom stereocenters. The van der Waals surface area contributed by atoms with Crippen LogP contribution < -0.4 is 0 Å². The zero-order valence-electron chi connectivity index (χ0n) is 20.6. The maximum Gasteiger partial charge on any atom is 0.0571 e. The Kier molecular flexibility index (Phi) is 14.1. The molecule has 1 aromatic carbocycles. The largest absolute Gasteiger partial charge is 0.119 e. The normalized spacial score (nSPS) is 18.2. The Bertz CT molecular complexity index is 1080. The molecular formula is C32H40I2. The van der Waals surface area contributed by atoms with Crippen molar-refractivity contribution in [2.24, 2.45) is 5.92 Å². The van der Waals surface area contributed by atoms with Crippen LogP contribution in [0.5, 0.6) is 0 Å². The van der Waals surface area contributed by atoms with Gasteiger partial charge in [0.25, 0.3) is 0 Å². The van der Waals surface area contributed by atoms with Crippen LogP contribution in [0.1, 0.15) is 79.3 Å². The minimum absolute atomic E-state index is 0. The molecule has 1 fully saturated rings. The first-order valence-corrected chi connectivity index (χ1v) is 18.9. The Morgan fingerprint density at radius 3 is 2.00 bits per heavy atom. The summed E-state index contributed by atoms with van der Waals surface area (Å²) in [5.41, 5.74) is 10.2. The fourth-order valence-corrected chi connectivity index (χ4v) is 5.01. The molecule has 0 amide bonds. The Balaban J connectivity index is 0.00000258. The molecular weight excluding hydrogens is 638 g/mol. The summed E-state index contributed by atoms with van der Waals surface area (Å²) in [5, 5.41) is 0. The lowest BCUT2D eigenvalue weighted by Gasteiger charge is -2.33. The van der Waals surface area contributed by atoms with Crippen LogP contribution in [0.2, 0.25) is 0 Å². The summed E-state index contributed by atoms with van der Waals surface area (Å²) in [4.78, 5) is 0. The van der Waals surface area contributed by atoms with Crippen molar-refractivity contribution in [3.63, 3.8) is 0 Å². The summed E-state index contributed by atoms with van der Waals surface area (Å²) >= 11 is 2.60. The van der Waals surface area contributed by atoms with Crippen molar-refractivity contribution in [3.05, 3.63) is 64.3 Å². The molecule has 34 heavy (non-hydrogen) atoms. The number of halogens is 2. The molecule has 1 aromatic rings. The predicted octanol–water partition coefficient (Wildman–Crippen LogP) is 9.53. The highest BCUT2D eigenvalue weighted by atomic mass is 128. The standard InChI is InChI=1S/C30H34.CH2I2.CH4/c1-11-20(4)14-15-22(6)28-25(9)23(7)24(8)26(10)29(28)30(13-3)17-16-27(19-30)18-21(5)12-2;1-3-2;/h1-3,27H,4-6,14-19H2,7-10H3;1H2;1H4. The third-order valence-electron chi connectivity index (χ3n) is 7.08. The van der Waals surface area contributed by atoms with Crippen LogP contribution in [-0.4, -0.2) is 4.51 Å². The number of hydrogen-bond acceptors (Lipinski definition) is 0. The van der Waals surface area contributed by atoms with Crippen LogP contribution in [0.3, 0.4) is 0 Å². The molecule has 0 radical (unpaired) electrons. The molecule has 0 heterocycles. The summed E-state index contributed by atoms with van der Waals surface area (Å²) in [6.07, 6.45) is 22.7. The maximum atomic E-state index is 6.26. The van der Waals surface area contributed by atoms with Gasteiger partial charge in [-0.15, -0.1) is 19.3 Å². The molecule has 0 aromatic heterocycles. The van der Waals surface area contributed by atoms with Gasteiger partial charge in [0.1, 0.15) is 0 Å². The van der Waals surface area contributed by atoms with E-state index in [0.29, 0.717) is 22.7 Å². The van der Waals surface area contributed by atoms with Gasteiger partial charge in [-0.3, -0.25) is 0 Å². The second-order valence-electron chi connectivity index (χ2n) is 8.99. The minimum atomic E-state index is -0.297. The van der Waals surface area contributed by atoms with Gasteiger partial charge in [-0.2, -0.15) is 0 Å². The fraction of sp³-hybridized carbons (Fsp3) is 0.406. The van der Waals surface area contributed by atoms with Gasteiger partial charge in [0.15, 0.2) is 0 Å². The quantitative estimate of drug-likeness (QED) is 0.199. The number of terminal acetylenes is 3. The topological polar surface area (TPSA) is 0 Å². The van der Waals surface area contributed by atoms with Crippen LogP contribution in [0.15, 0.2) is 30.9 Å². The molecule has 0 spiro atoms. The highest BCUT2D eigenvalue weighted by Crippen LogP contribution is 2.50. The molecule has 0 saturated heterocycles. The average Bonchev–Trinajstić information content (AvgIpc) is 3.21. The van der Waals surface area contributed by atoms with Crippen molar-refractivity contribution in [3.8, 4) is 37.0 Å². The number of rotatable bonds is 7. The smallest absolute Gasteiger partial charge is 0.0571 e. The third-order valence-corrected chi connectivity index (χ3v) is 7.08. The van der Waals surface area contributed by atoms with Crippen molar-refractivity contribution in [1.82, 2.24) is 0 Å².